The van der Waals surface area contributed by atoms with Gasteiger partial charge in [0.25, 0.3) is 6.43 Å². The fourth-order valence-corrected chi connectivity index (χ4v) is 3.86. The molecule has 0 bridgehead atoms. The van der Waals surface area contributed by atoms with Crippen molar-refractivity contribution in [3.63, 3.8) is 0 Å². The molecule has 0 aromatic heterocycles. The Morgan fingerprint density at radius 1 is 1.10 bits per heavy atom. The van der Waals surface area contributed by atoms with E-state index in [0.29, 0.717) is 43.4 Å². The molecule has 0 radical (unpaired) electrons. The Bertz CT molecular complexity index is 533. The summed E-state index contributed by atoms with van der Waals surface area (Å²) in [5.74, 6) is 1.17. The molecule has 1 fully saturated rings. The van der Waals surface area contributed by atoms with Gasteiger partial charge in [0.2, 0.25) is 0 Å². The molecule has 3 aliphatic heterocycles. The maximum atomic E-state index is 13.5. The molecule has 3 aliphatic rings. The van der Waals surface area contributed by atoms with Crippen LogP contribution < -0.4 is 14.8 Å². The summed E-state index contributed by atoms with van der Waals surface area (Å²) in [7, 11) is 0. The summed E-state index contributed by atoms with van der Waals surface area (Å²) in [6.45, 7) is 2.05. The molecule has 0 amide bonds. The highest BCUT2D eigenvalue weighted by atomic mass is 19.3. The van der Waals surface area contributed by atoms with Crippen LogP contribution >= 0.6 is 0 Å². The van der Waals surface area contributed by atoms with Crippen molar-refractivity contribution in [2.75, 3.05) is 19.8 Å². The summed E-state index contributed by atoms with van der Waals surface area (Å²) in [4.78, 5) is 0. The molecule has 1 saturated heterocycles. The van der Waals surface area contributed by atoms with Gasteiger partial charge in [0.05, 0.1) is 18.8 Å². The molecular formula is C16H19F2NO2. The molecule has 1 aromatic carbocycles. The minimum Gasteiger partial charge on any atom is -0.493 e. The molecule has 3 heterocycles. The second-order valence-electron chi connectivity index (χ2n) is 6.00. The highest BCUT2D eigenvalue weighted by molar-refractivity contribution is 5.62. The van der Waals surface area contributed by atoms with E-state index in [1.54, 1.807) is 0 Å². The minimum atomic E-state index is -2.49. The highest BCUT2D eigenvalue weighted by Gasteiger charge is 2.35. The van der Waals surface area contributed by atoms with Crippen LogP contribution in [0, 0.1) is 0 Å². The number of halogens is 2. The average molecular weight is 295 g/mol. The Labute approximate surface area is 122 Å². The summed E-state index contributed by atoms with van der Waals surface area (Å²) >= 11 is 0. The lowest BCUT2D eigenvalue weighted by molar-refractivity contribution is 0.145. The Morgan fingerprint density at radius 2 is 1.86 bits per heavy atom. The number of fused-ring (bicyclic) bond motifs is 2. The first kappa shape index (κ1) is 13.3. The van der Waals surface area contributed by atoms with Gasteiger partial charge < -0.3 is 14.8 Å². The van der Waals surface area contributed by atoms with E-state index in [9.17, 15) is 8.78 Å². The van der Waals surface area contributed by atoms with Gasteiger partial charge in [-0.1, -0.05) is 0 Å². The third kappa shape index (κ3) is 2.09. The number of alkyl halides is 2. The molecular weight excluding hydrogens is 276 g/mol. The highest BCUT2D eigenvalue weighted by Crippen LogP contribution is 2.48. The predicted octanol–water partition coefficient (Wildman–Crippen LogP) is 2.79. The van der Waals surface area contributed by atoms with E-state index in [4.69, 9.17) is 9.47 Å². The molecule has 21 heavy (non-hydrogen) atoms. The van der Waals surface area contributed by atoms with Crippen molar-refractivity contribution < 1.29 is 18.3 Å². The van der Waals surface area contributed by atoms with Crippen LogP contribution in [0.3, 0.4) is 0 Å². The zero-order valence-corrected chi connectivity index (χ0v) is 11.9. The van der Waals surface area contributed by atoms with Gasteiger partial charge in [-0.2, -0.15) is 0 Å². The van der Waals surface area contributed by atoms with Crippen LogP contribution in [0.4, 0.5) is 8.78 Å². The molecule has 5 heteroatoms. The average Bonchev–Trinajstić information content (AvgIpc) is 3.18. The first-order chi connectivity index (χ1) is 10.3. The van der Waals surface area contributed by atoms with E-state index >= 15 is 0 Å². The molecule has 0 spiro atoms. The van der Waals surface area contributed by atoms with Crippen LogP contribution in [0.25, 0.3) is 0 Å². The third-order valence-corrected chi connectivity index (χ3v) is 4.78. The predicted molar refractivity (Wildman–Crippen MR) is 74.5 cm³/mol. The minimum absolute atomic E-state index is 0.0816. The maximum absolute atomic E-state index is 13.5. The van der Waals surface area contributed by atoms with Crippen LogP contribution in [-0.2, 0) is 19.3 Å². The van der Waals surface area contributed by atoms with Gasteiger partial charge in [-0.15, -0.1) is 0 Å². The second kappa shape index (κ2) is 5.13. The van der Waals surface area contributed by atoms with Gasteiger partial charge in [0.1, 0.15) is 11.5 Å². The van der Waals surface area contributed by atoms with Crippen molar-refractivity contribution in [2.24, 2.45) is 0 Å². The fourth-order valence-electron chi connectivity index (χ4n) is 3.86. The molecule has 0 aliphatic carbocycles. The number of hydrogen-bond acceptors (Lipinski definition) is 3. The summed E-state index contributed by atoms with van der Waals surface area (Å²) < 4.78 is 38.2. The standard InChI is InChI=1S/C16H19F2NO2/c17-16(18)13-11-4-7-20-14(11)12(8-9-2-1-5-19-9)10-3-6-21-15(10)13/h9,16,19H,1-8H2. The Kier molecular flexibility index (Phi) is 3.25. The smallest absolute Gasteiger partial charge is 0.267 e. The lowest BCUT2D eigenvalue weighted by Crippen LogP contribution is -2.24. The first-order valence-electron chi connectivity index (χ1n) is 7.73. The van der Waals surface area contributed by atoms with Crippen LogP contribution in [0.5, 0.6) is 11.5 Å². The van der Waals surface area contributed by atoms with Crippen molar-refractivity contribution in [2.45, 2.75) is 44.6 Å². The zero-order chi connectivity index (χ0) is 14.4. The normalized spacial score (nSPS) is 23.1. The van der Waals surface area contributed by atoms with E-state index in [1.165, 1.54) is 6.42 Å². The number of rotatable bonds is 3. The monoisotopic (exact) mass is 295 g/mol. The van der Waals surface area contributed by atoms with Crippen molar-refractivity contribution >= 4 is 0 Å². The van der Waals surface area contributed by atoms with Gasteiger partial charge in [0, 0.05) is 35.6 Å². The molecule has 114 valence electrons. The first-order valence-corrected chi connectivity index (χ1v) is 7.73. The lowest BCUT2D eigenvalue weighted by atomic mass is 9.90. The van der Waals surface area contributed by atoms with Crippen molar-refractivity contribution in [3.05, 3.63) is 22.3 Å². The Morgan fingerprint density at radius 3 is 2.57 bits per heavy atom. The van der Waals surface area contributed by atoms with Crippen LogP contribution in [0.2, 0.25) is 0 Å². The maximum Gasteiger partial charge on any atom is 0.267 e. The molecule has 1 aromatic rings. The van der Waals surface area contributed by atoms with Gasteiger partial charge in [-0.25, -0.2) is 8.78 Å². The summed E-state index contributed by atoms with van der Waals surface area (Å²) in [6, 6.07) is 0.431. The third-order valence-electron chi connectivity index (χ3n) is 4.78. The molecule has 0 saturated carbocycles. The number of ether oxygens (including phenoxy) is 2. The topological polar surface area (TPSA) is 30.5 Å². The van der Waals surface area contributed by atoms with Gasteiger partial charge >= 0.3 is 0 Å². The number of benzene rings is 1. The Balaban J connectivity index is 1.83. The van der Waals surface area contributed by atoms with Crippen LogP contribution in [-0.4, -0.2) is 25.8 Å². The quantitative estimate of drug-likeness (QED) is 0.930. The number of hydrogen-bond donors (Lipinski definition) is 1. The van der Waals surface area contributed by atoms with E-state index in [0.717, 1.165) is 36.3 Å². The van der Waals surface area contributed by atoms with Gasteiger partial charge in [-0.3, -0.25) is 0 Å². The van der Waals surface area contributed by atoms with E-state index < -0.39 is 6.43 Å². The van der Waals surface area contributed by atoms with Crippen molar-refractivity contribution in [1.82, 2.24) is 5.32 Å². The Hall–Kier alpha value is -1.36. The fraction of sp³-hybridized carbons (Fsp3) is 0.625. The van der Waals surface area contributed by atoms with Crippen LogP contribution in [0.15, 0.2) is 0 Å². The van der Waals surface area contributed by atoms with Crippen molar-refractivity contribution in [3.8, 4) is 11.5 Å². The van der Waals surface area contributed by atoms with E-state index in [1.807, 2.05) is 0 Å². The van der Waals surface area contributed by atoms with Gasteiger partial charge in [0.15, 0.2) is 0 Å². The summed E-state index contributed by atoms with van der Waals surface area (Å²) in [5.41, 5.74) is 2.83. The molecule has 3 nitrogen and oxygen atoms in total. The summed E-state index contributed by atoms with van der Waals surface area (Å²) in [6.07, 6.45) is 1.97. The molecule has 1 unspecified atom stereocenters. The summed E-state index contributed by atoms with van der Waals surface area (Å²) in [5, 5.41) is 3.48. The SMILES string of the molecule is FC(F)c1c2c(c(CC3CCCN3)c3c1OCC3)OCC2. The van der Waals surface area contributed by atoms with E-state index in [2.05, 4.69) is 5.32 Å². The number of nitrogens with one attached hydrogen (secondary N) is 1. The zero-order valence-electron chi connectivity index (χ0n) is 11.9. The van der Waals surface area contributed by atoms with Gasteiger partial charge in [-0.05, 0) is 25.8 Å². The molecule has 1 atom stereocenters. The van der Waals surface area contributed by atoms with Crippen LogP contribution in [0.1, 0.15) is 41.5 Å². The van der Waals surface area contributed by atoms with Crippen molar-refractivity contribution in [1.29, 1.82) is 0 Å². The molecule has 4 rings (SSSR count). The lowest BCUT2D eigenvalue weighted by Gasteiger charge is -2.19. The largest absolute Gasteiger partial charge is 0.493 e. The van der Waals surface area contributed by atoms with E-state index in [-0.39, 0.29) is 5.56 Å². The molecule has 1 N–H and O–H groups in total. The second-order valence-corrected chi connectivity index (χ2v) is 6.00.